The molecule has 0 bridgehead atoms. The van der Waals surface area contributed by atoms with Gasteiger partial charge in [-0.3, -0.25) is 9.59 Å². The number of para-hydroxylation sites is 1. The number of nitrogens with zero attached hydrogens (tertiary/aromatic N) is 1. The first-order valence-electron chi connectivity index (χ1n) is 7.48. The van der Waals surface area contributed by atoms with Crippen molar-refractivity contribution in [3.63, 3.8) is 0 Å². The minimum absolute atomic E-state index is 0.0763. The van der Waals surface area contributed by atoms with Gasteiger partial charge in [0, 0.05) is 18.5 Å². The van der Waals surface area contributed by atoms with E-state index >= 15 is 0 Å². The molecule has 0 spiro atoms. The maximum absolute atomic E-state index is 12.7. The van der Waals surface area contributed by atoms with E-state index in [9.17, 15) is 14.4 Å². The summed E-state index contributed by atoms with van der Waals surface area (Å²) in [6, 6.07) is 8.45. The molecule has 1 heterocycles. The number of benzene rings is 1. The molecule has 2 aromatic rings. The molecule has 6 nitrogen and oxygen atoms in total. The molecule has 0 aliphatic rings. The van der Waals surface area contributed by atoms with Gasteiger partial charge in [0.25, 0.3) is 5.91 Å². The first kappa shape index (κ1) is 17.5. The monoisotopic (exact) mass is 329 g/mol. The normalized spacial score (nSPS) is 11.8. The third-order valence-corrected chi connectivity index (χ3v) is 3.61. The molecule has 0 radical (unpaired) electrons. The molecule has 0 aliphatic carbocycles. The predicted octanol–water partition coefficient (Wildman–Crippen LogP) is 2.23. The molecule has 1 unspecified atom stereocenters. The van der Waals surface area contributed by atoms with Crippen molar-refractivity contribution in [1.29, 1.82) is 0 Å². The molecule has 0 saturated carbocycles. The molecule has 6 heteroatoms. The summed E-state index contributed by atoms with van der Waals surface area (Å²) >= 11 is 0. The fraction of sp³-hybridized carbons (Fsp3) is 0.278. The summed E-state index contributed by atoms with van der Waals surface area (Å²) in [5, 5.41) is 0.653. The van der Waals surface area contributed by atoms with E-state index in [4.69, 9.17) is 4.42 Å². The molecule has 0 N–H and O–H groups in total. The Hall–Kier alpha value is -2.89. The Labute approximate surface area is 139 Å². The van der Waals surface area contributed by atoms with E-state index in [1.807, 2.05) is 0 Å². The molecule has 0 saturated heterocycles. The van der Waals surface area contributed by atoms with Gasteiger partial charge in [-0.2, -0.15) is 0 Å². The number of hydrogen-bond acceptors (Lipinski definition) is 5. The molecule has 1 aromatic carbocycles. The highest BCUT2D eigenvalue weighted by Crippen LogP contribution is 2.14. The Kier molecular flexibility index (Phi) is 5.52. The standard InChI is InChI=1S/C18H19NO5/c1-4-9-19(11-12(2)17(21)23-3)16(20)14-10-13-7-5-6-8-15(13)24-18(14)22/h4-8,10,12H,1,9,11H2,2-3H3. The smallest absolute Gasteiger partial charge is 0.349 e. The fourth-order valence-corrected chi connectivity index (χ4v) is 2.38. The minimum atomic E-state index is -0.710. The molecule has 1 amide bonds. The lowest BCUT2D eigenvalue weighted by Gasteiger charge is -2.23. The van der Waals surface area contributed by atoms with E-state index in [-0.39, 0.29) is 18.7 Å². The number of ether oxygens (including phenoxy) is 1. The summed E-state index contributed by atoms with van der Waals surface area (Å²) in [5.41, 5.74) is -0.372. The number of carbonyl (C=O) groups excluding carboxylic acids is 2. The van der Waals surface area contributed by atoms with Crippen molar-refractivity contribution in [3.8, 4) is 0 Å². The summed E-state index contributed by atoms with van der Waals surface area (Å²) in [5.74, 6) is -1.46. The number of methoxy groups -OCH3 is 1. The van der Waals surface area contributed by atoms with Crippen molar-refractivity contribution in [2.24, 2.45) is 5.92 Å². The van der Waals surface area contributed by atoms with Crippen LogP contribution in [-0.4, -0.2) is 37.0 Å². The van der Waals surface area contributed by atoms with Gasteiger partial charge in [-0.25, -0.2) is 4.79 Å². The van der Waals surface area contributed by atoms with Gasteiger partial charge >= 0.3 is 11.6 Å². The number of carbonyl (C=O) groups is 2. The molecule has 126 valence electrons. The molecular formula is C18H19NO5. The van der Waals surface area contributed by atoms with E-state index in [2.05, 4.69) is 11.3 Å². The van der Waals surface area contributed by atoms with E-state index in [0.29, 0.717) is 11.0 Å². The van der Waals surface area contributed by atoms with E-state index in [1.54, 1.807) is 31.2 Å². The van der Waals surface area contributed by atoms with Gasteiger partial charge < -0.3 is 14.1 Å². The van der Waals surface area contributed by atoms with Crippen LogP contribution in [0, 0.1) is 5.92 Å². The molecular weight excluding hydrogens is 310 g/mol. The van der Waals surface area contributed by atoms with E-state index < -0.39 is 23.4 Å². The second-order valence-corrected chi connectivity index (χ2v) is 5.41. The van der Waals surface area contributed by atoms with Crippen LogP contribution in [0.15, 0.2) is 52.2 Å². The maximum Gasteiger partial charge on any atom is 0.349 e. The van der Waals surface area contributed by atoms with Crippen LogP contribution in [-0.2, 0) is 9.53 Å². The lowest BCUT2D eigenvalue weighted by atomic mass is 10.1. The van der Waals surface area contributed by atoms with Gasteiger partial charge in [-0.05, 0) is 12.1 Å². The Balaban J connectivity index is 2.35. The van der Waals surface area contributed by atoms with E-state index in [1.165, 1.54) is 24.2 Å². The van der Waals surface area contributed by atoms with Crippen molar-refractivity contribution < 1.29 is 18.7 Å². The minimum Gasteiger partial charge on any atom is -0.469 e. The topological polar surface area (TPSA) is 76.8 Å². The summed E-state index contributed by atoms with van der Waals surface area (Å²) in [7, 11) is 1.29. The van der Waals surface area contributed by atoms with Crippen LogP contribution in [0.5, 0.6) is 0 Å². The van der Waals surface area contributed by atoms with Crippen molar-refractivity contribution >= 4 is 22.8 Å². The van der Waals surface area contributed by atoms with Crippen molar-refractivity contribution in [1.82, 2.24) is 4.90 Å². The van der Waals surface area contributed by atoms with Gasteiger partial charge in [0.15, 0.2) is 0 Å². The Bertz CT molecular complexity index is 824. The zero-order chi connectivity index (χ0) is 17.7. The highest BCUT2D eigenvalue weighted by molar-refractivity contribution is 5.97. The average Bonchev–Trinajstić information content (AvgIpc) is 2.59. The second kappa shape index (κ2) is 7.59. The number of rotatable bonds is 6. The highest BCUT2D eigenvalue weighted by atomic mass is 16.5. The molecule has 2 rings (SSSR count). The third-order valence-electron chi connectivity index (χ3n) is 3.61. The van der Waals surface area contributed by atoms with Gasteiger partial charge in [-0.1, -0.05) is 31.2 Å². The predicted molar refractivity (Wildman–Crippen MR) is 89.8 cm³/mol. The van der Waals surface area contributed by atoms with Gasteiger partial charge in [0.05, 0.1) is 13.0 Å². The molecule has 0 aliphatic heterocycles. The van der Waals surface area contributed by atoms with Crippen LogP contribution in [0.2, 0.25) is 0 Å². The highest BCUT2D eigenvalue weighted by Gasteiger charge is 2.24. The van der Waals surface area contributed by atoms with Crippen molar-refractivity contribution in [2.75, 3.05) is 20.2 Å². The number of hydrogen-bond donors (Lipinski definition) is 0. The lowest BCUT2D eigenvalue weighted by molar-refractivity contribution is -0.145. The van der Waals surface area contributed by atoms with Gasteiger partial charge in [0.2, 0.25) is 0 Å². The van der Waals surface area contributed by atoms with Crippen LogP contribution >= 0.6 is 0 Å². The lowest BCUT2D eigenvalue weighted by Crippen LogP contribution is -2.39. The fourth-order valence-electron chi connectivity index (χ4n) is 2.38. The summed E-state index contributed by atoms with van der Waals surface area (Å²) in [6.07, 6.45) is 1.53. The second-order valence-electron chi connectivity index (χ2n) is 5.41. The van der Waals surface area contributed by atoms with E-state index in [0.717, 1.165) is 0 Å². The van der Waals surface area contributed by atoms with Crippen LogP contribution in [0.3, 0.4) is 0 Å². The number of amides is 1. The largest absolute Gasteiger partial charge is 0.469 e. The Morgan fingerprint density at radius 3 is 2.75 bits per heavy atom. The summed E-state index contributed by atoms with van der Waals surface area (Å²) in [4.78, 5) is 37.8. The molecule has 1 aromatic heterocycles. The Morgan fingerprint density at radius 1 is 1.38 bits per heavy atom. The SMILES string of the molecule is C=CCN(CC(C)C(=O)OC)C(=O)c1cc2ccccc2oc1=O. The maximum atomic E-state index is 12.7. The van der Waals surface area contributed by atoms with Crippen molar-refractivity contribution in [3.05, 3.63) is 59.0 Å². The number of esters is 1. The van der Waals surface area contributed by atoms with Gasteiger partial charge in [-0.15, -0.1) is 6.58 Å². The molecule has 1 atom stereocenters. The summed E-state index contributed by atoms with van der Waals surface area (Å²) in [6.45, 7) is 5.58. The molecule has 0 fully saturated rings. The number of fused-ring (bicyclic) bond motifs is 1. The molecule has 24 heavy (non-hydrogen) atoms. The quantitative estimate of drug-likeness (QED) is 0.461. The van der Waals surface area contributed by atoms with Gasteiger partial charge in [0.1, 0.15) is 11.1 Å². The Morgan fingerprint density at radius 2 is 2.08 bits per heavy atom. The van der Waals surface area contributed by atoms with Crippen LogP contribution in [0.4, 0.5) is 0 Å². The zero-order valence-corrected chi connectivity index (χ0v) is 13.7. The van der Waals surface area contributed by atoms with Crippen LogP contribution in [0.25, 0.3) is 11.0 Å². The first-order chi connectivity index (χ1) is 11.5. The zero-order valence-electron chi connectivity index (χ0n) is 13.7. The first-order valence-corrected chi connectivity index (χ1v) is 7.48. The third kappa shape index (κ3) is 3.71. The van der Waals surface area contributed by atoms with Crippen LogP contribution < -0.4 is 5.63 Å². The van der Waals surface area contributed by atoms with Crippen molar-refractivity contribution in [2.45, 2.75) is 6.92 Å². The summed E-state index contributed by atoms with van der Waals surface area (Å²) < 4.78 is 9.87. The average molecular weight is 329 g/mol. The van der Waals surface area contributed by atoms with Crippen LogP contribution in [0.1, 0.15) is 17.3 Å².